The number of para-hydroxylation sites is 2. The topological polar surface area (TPSA) is 101 Å². The summed E-state index contributed by atoms with van der Waals surface area (Å²) < 4.78 is 46.1. The Balaban J connectivity index is 1.25. The summed E-state index contributed by atoms with van der Waals surface area (Å²) in [6.07, 6.45) is 0. The number of sulfonamides is 1. The van der Waals surface area contributed by atoms with Gasteiger partial charge in [-0.25, -0.2) is 17.8 Å². The van der Waals surface area contributed by atoms with Crippen LogP contribution in [0.5, 0.6) is 0 Å². The van der Waals surface area contributed by atoms with Crippen LogP contribution in [0.15, 0.2) is 106 Å². The monoisotopic (exact) mass is 487 g/mol. The normalized spacial score (nSPS) is 11.3. The second-order valence-electron chi connectivity index (χ2n) is 7.65. The van der Waals surface area contributed by atoms with E-state index in [1.54, 1.807) is 24.3 Å². The molecule has 0 radical (unpaired) electrons. The van der Waals surface area contributed by atoms with Gasteiger partial charge in [0.25, 0.3) is 15.9 Å². The van der Waals surface area contributed by atoms with E-state index in [1.165, 1.54) is 36.4 Å². The molecule has 2 N–H and O–H groups in total. The molecular weight excluding hydrogens is 469 g/mol. The smallest absolute Gasteiger partial charge is 0.261 e. The Morgan fingerprint density at radius 2 is 1.46 bits per heavy atom. The first-order valence-electron chi connectivity index (χ1n) is 10.5. The van der Waals surface area contributed by atoms with E-state index in [9.17, 15) is 17.6 Å². The van der Waals surface area contributed by atoms with Crippen LogP contribution in [0.1, 0.15) is 10.4 Å². The molecule has 0 fully saturated rings. The molecule has 1 amide bonds. The summed E-state index contributed by atoms with van der Waals surface area (Å²) in [4.78, 5) is 17.0. The van der Waals surface area contributed by atoms with E-state index in [2.05, 4.69) is 15.0 Å². The van der Waals surface area contributed by atoms with Gasteiger partial charge in [-0.05, 0) is 84.9 Å². The first-order valence-corrected chi connectivity index (χ1v) is 12.0. The predicted molar refractivity (Wildman–Crippen MR) is 131 cm³/mol. The molecule has 0 unspecified atom stereocenters. The molecule has 0 aliphatic rings. The highest BCUT2D eigenvalue weighted by atomic mass is 32.2. The number of nitrogens with zero attached hydrogens (tertiary/aromatic N) is 1. The van der Waals surface area contributed by atoms with Crippen LogP contribution in [0.3, 0.4) is 0 Å². The van der Waals surface area contributed by atoms with E-state index >= 15 is 0 Å². The summed E-state index contributed by atoms with van der Waals surface area (Å²) >= 11 is 0. The van der Waals surface area contributed by atoms with Gasteiger partial charge < -0.3 is 9.73 Å². The quantitative estimate of drug-likeness (QED) is 0.321. The molecule has 7 nitrogen and oxygen atoms in total. The van der Waals surface area contributed by atoms with Crippen molar-refractivity contribution in [2.24, 2.45) is 0 Å². The van der Waals surface area contributed by atoms with Crippen molar-refractivity contribution in [3.63, 3.8) is 0 Å². The second-order valence-corrected chi connectivity index (χ2v) is 9.34. The van der Waals surface area contributed by atoms with Crippen LogP contribution < -0.4 is 10.0 Å². The van der Waals surface area contributed by atoms with Gasteiger partial charge in [0.2, 0.25) is 5.89 Å². The van der Waals surface area contributed by atoms with Crippen molar-refractivity contribution in [3.05, 3.63) is 108 Å². The van der Waals surface area contributed by atoms with Gasteiger partial charge in [0.1, 0.15) is 11.3 Å². The molecule has 0 saturated heterocycles. The molecule has 0 atom stereocenters. The van der Waals surface area contributed by atoms with E-state index in [1.807, 2.05) is 24.3 Å². The number of amides is 1. The number of nitrogens with one attached hydrogen (secondary N) is 2. The van der Waals surface area contributed by atoms with E-state index < -0.39 is 15.8 Å². The van der Waals surface area contributed by atoms with Crippen LogP contribution in [0.4, 0.5) is 15.8 Å². The molecule has 0 aliphatic heterocycles. The summed E-state index contributed by atoms with van der Waals surface area (Å²) in [5.41, 5.74) is 3.44. The number of oxazole rings is 1. The van der Waals surface area contributed by atoms with Gasteiger partial charge in [0, 0.05) is 22.5 Å². The van der Waals surface area contributed by atoms with Crippen molar-refractivity contribution in [1.29, 1.82) is 0 Å². The minimum Gasteiger partial charge on any atom is -0.436 e. The summed E-state index contributed by atoms with van der Waals surface area (Å²) in [6, 6.07) is 25.0. The number of halogens is 1. The Bertz CT molecular complexity index is 1580. The minimum atomic E-state index is -3.88. The maximum absolute atomic E-state index is 13.1. The van der Waals surface area contributed by atoms with Crippen LogP contribution in [0.2, 0.25) is 0 Å². The molecule has 0 spiro atoms. The number of rotatable bonds is 6. The summed E-state index contributed by atoms with van der Waals surface area (Å²) in [7, 11) is -3.88. The fraction of sp³-hybridized carbons (Fsp3) is 0. The molecule has 1 aromatic heterocycles. The van der Waals surface area contributed by atoms with Gasteiger partial charge in [0.15, 0.2) is 5.58 Å². The third-order valence-corrected chi connectivity index (χ3v) is 6.60. The van der Waals surface area contributed by atoms with Gasteiger partial charge in [-0.15, -0.1) is 0 Å². The number of anilines is 2. The van der Waals surface area contributed by atoms with Gasteiger partial charge in [0.05, 0.1) is 4.90 Å². The standard InChI is InChI=1S/C26H18FN3O4S/c27-19-9-15-22(16-10-19)35(32,33)30-21-13-5-17(6-14-21)25(31)28-20-11-7-18(8-12-20)26-29-23-3-1-2-4-24(23)34-26/h1-16,30H,(H,28,31). The number of benzene rings is 4. The van der Waals surface area contributed by atoms with Crippen molar-refractivity contribution in [2.45, 2.75) is 4.90 Å². The van der Waals surface area contributed by atoms with Crippen molar-refractivity contribution < 1.29 is 22.0 Å². The van der Waals surface area contributed by atoms with Crippen molar-refractivity contribution >= 4 is 38.4 Å². The molecule has 0 aliphatic carbocycles. The molecular formula is C26H18FN3O4S. The fourth-order valence-electron chi connectivity index (χ4n) is 3.41. The lowest BCUT2D eigenvalue weighted by Crippen LogP contribution is -2.14. The largest absolute Gasteiger partial charge is 0.436 e. The van der Waals surface area contributed by atoms with Crippen molar-refractivity contribution in [2.75, 3.05) is 10.0 Å². The van der Waals surface area contributed by atoms with Crippen LogP contribution in [-0.4, -0.2) is 19.3 Å². The predicted octanol–water partition coefficient (Wildman–Crippen LogP) is 5.69. The van der Waals surface area contributed by atoms with Crippen LogP contribution in [0, 0.1) is 5.82 Å². The van der Waals surface area contributed by atoms with Crippen molar-refractivity contribution in [1.82, 2.24) is 4.98 Å². The lowest BCUT2D eigenvalue weighted by Gasteiger charge is -2.09. The number of aromatic nitrogens is 1. The second kappa shape index (κ2) is 9.03. The summed E-state index contributed by atoms with van der Waals surface area (Å²) in [5.74, 6) is -0.393. The van der Waals surface area contributed by atoms with E-state index in [0.717, 1.165) is 23.2 Å². The SMILES string of the molecule is O=C(Nc1ccc(-c2nc3ccccc3o2)cc1)c1ccc(NS(=O)(=O)c2ccc(F)cc2)cc1. The van der Waals surface area contributed by atoms with Crippen LogP contribution in [0.25, 0.3) is 22.6 Å². The van der Waals surface area contributed by atoms with E-state index in [-0.39, 0.29) is 16.5 Å². The maximum Gasteiger partial charge on any atom is 0.261 e. The van der Waals surface area contributed by atoms with Gasteiger partial charge in [-0.1, -0.05) is 12.1 Å². The zero-order valence-corrected chi connectivity index (χ0v) is 18.9. The number of hydrogen-bond donors (Lipinski definition) is 2. The van der Waals surface area contributed by atoms with E-state index in [0.29, 0.717) is 22.7 Å². The Morgan fingerprint density at radius 1 is 0.800 bits per heavy atom. The lowest BCUT2D eigenvalue weighted by molar-refractivity contribution is 0.102. The van der Waals surface area contributed by atoms with Crippen molar-refractivity contribution in [3.8, 4) is 11.5 Å². The highest BCUT2D eigenvalue weighted by Crippen LogP contribution is 2.25. The van der Waals surface area contributed by atoms with Gasteiger partial charge in [-0.2, -0.15) is 0 Å². The molecule has 5 aromatic rings. The first-order chi connectivity index (χ1) is 16.9. The zero-order chi connectivity index (χ0) is 24.4. The highest BCUT2D eigenvalue weighted by Gasteiger charge is 2.15. The summed E-state index contributed by atoms with van der Waals surface area (Å²) in [6.45, 7) is 0. The Morgan fingerprint density at radius 3 is 2.14 bits per heavy atom. The molecule has 0 bridgehead atoms. The first kappa shape index (κ1) is 22.3. The number of carbonyl (C=O) groups excluding carboxylic acids is 1. The Labute approximate surface area is 200 Å². The molecule has 5 rings (SSSR count). The molecule has 35 heavy (non-hydrogen) atoms. The average Bonchev–Trinajstić information content (AvgIpc) is 3.29. The Hall–Kier alpha value is -4.50. The van der Waals surface area contributed by atoms with E-state index in [4.69, 9.17) is 4.42 Å². The molecule has 9 heteroatoms. The third kappa shape index (κ3) is 4.90. The molecule has 174 valence electrons. The Kier molecular flexibility index (Phi) is 5.76. The molecule has 1 heterocycles. The number of hydrogen-bond acceptors (Lipinski definition) is 5. The van der Waals surface area contributed by atoms with Crippen LogP contribution >= 0.6 is 0 Å². The molecule has 0 saturated carbocycles. The lowest BCUT2D eigenvalue weighted by atomic mass is 10.1. The number of carbonyl (C=O) groups is 1. The van der Waals surface area contributed by atoms with Gasteiger partial charge >= 0.3 is 0 Å². The fourth-order valence-corrected chi connectivity index (χ4v) is 4.47. The van der Waals surface area contributed by atoms with Crippen LogP contribution in [-0.2, 0) is 10.0 Å². The van der Waals surface area contributed by atoms with Gasteiger partial charge in [-0.3, -0.25) is 9.52 Å². The number of fused-ring (bicyclic) bond motifs is 1. The maximum atomic E-state index is 13.1. The molecule has 4 aromatic carbocycles. The summed E-state index contributed by atoms with van der Waals surface area (Å²) in [5, 5.41) is 2.80. The zero-order valence-electron chi connectivity index (χ0n) is 18.1. The minimum absolute atomic E-state index is 0.0676. The highest BCUT2D eigenvalue weighted by molar-refractivity contribution is 7.92. The average molecular weight is 488 g/mol. The third-order valence-electron chi connectivity index (χ3n) is 5.21.